The molecular weight excluding hydrogens is 345 g/mol. The van der Waals surface area contributed by atoms with Crippen LogP contribution >= 0.6 is 27.5 Å². The van der Waals surface area contributed by atoms with Gasteiger partial charge in [-0.15, -0.1) is 0 Å². The number of nitrogens with one attached hydrogen (secondary N) is 1. The zero-order valence-electron chi connectivity index (χ0n) is 10.1. The molecule has 0 fully saturated rings. The summed E-state index contributed by atoms with van der Waals surface area (Å²) < 4.78 is 14.6. The van der Waals surface area contributed by atoms with Gasteiger partial charge >= 0.3 is 0 Å². The van der Waals surface area contributed by atoms with Gasteiger partial charge in [0.2, 0.25) is 0 Å². The van der Waals surface area contributed by atoms with Crippen LogP contribution in [-0.2, 0) is 0 Å². The fraction of sp³-hybridized carbons (Fsp3) is 0. The summed E-state index contributed by atoms with van der Waals surface area (Å²) in [4.78, 5) is 15.4. The molecule has 1 heterocycles. The molecule has 20 heavy (non-hydrogen) atoms. The molecule has 0 saturated heterocycles. The molecule has 0 spiro atoms. The Labute approximate surface area is 127 Å². The van der Waals surface area contributed by atoms with E-state index in [1.54, 1.807) is 30.3 Å². The van der Waals surface area contributed by atoms with Crippen LogP contribution in [0.2, 0.25) is 5.02 Å². The Morgan fingerprint density at radius 3 is 2.80 bits per heavy atom. The van der Waals surface area contributed by atoms with Gasteiger partial charge in [0.1, 0.15) is 5.82 Å². The molecule has 5 heteroatoms. The number of H-pyrrole nitrogens is 1. The van der Waals surface area contributed by atoms with Gasteiger partial charge in [0.15, 0.2) is 5.78 Å². The summed E-state index contributed by atoms with van der Waals surface area (Å²) in [7, 11) is 0. The predicted octanol–water partition coefficient (Wildman–Crippen LogP) is 4.95. The van der Waals surface area contributed by atoms with Crippen LogP contribution in [0.15, 0.2) is 47.1 Å². The van der Waals surface area contributed by atoms with E-state index in [-0.39, 0.29) is 5.78 Å². The van der Waals surface area contributed by atoms with E-state index >= 15 is 0 Å². The quantitative estimate of drug-likeness (QED) is 0.650. The number of carbonyl (C=O) groups excluding carboxylic acids is 1. The molecule has 0 bridgehead atoms. The van der Waals surface area contributed by atoms with Crippen LogP contribution in [0.5, 0.6) is 0 Å². The van der Waals surface area contributed by atoms with Gasteiger partial charge in [-0.05, 0) is 30.3 Å². The Kier molecular flexibility index (Phi) is 3.36. The highest BCUT2D eigenvalue weighted by Gasteiger charge is 2.17. The second-order valence-electron chi connectivity index (χ2n) is 4.35. The first kappa shape index (κ1) is 13.3. The van der Waals surface area contributed by atoms with Gasteiger partial charge in [0, 0.05) is 32.2 Å². The van der Waals surface area contributed by atoms with Crippen LogP contribution in [0.1, 0.15) is 15.9 Å². The minimum atomic E-state index is -0.423. The van der Waals surface area contributed by atoms with E-state index in [2.05, 4.69) is 20.9 Å². The van der Waals surface area contributed by atoms with Crippen molar-refractivity contribution in [2.75, 3.05) is 0 Å². The lowest BCUT2D eigenvalue weighted by Gasteiger charge is -2.02. The molecule has 1 N–H and O–H groups in total. The Morgan fingerprint density at radius 2 is 2.05 bits per heavy atom. The Balaban J connectivity index is 2.18. The summed E-state index contributed by atoms with van der Waals surface area (Å²) in [5.74, 6) is -0.697. The van der Waals surface area contributed by atoms with E-state index in [0.29, 0.717) is 31.5 Å². The third kappa shape index (κ3) is 2.25. The maximum atomic E-state index is 13.9. The van der Waals surface area contributed by atoms with Gasteiger partial charge in [-0.3, -0.25) is 4.79 Å². The number of ketones is 1. The molecule has 0 atom stereocenters. The van der Waals surface area contributed by atoms with Crippen molar-refractivity contribution in [3.8, 4) is 0 Å². The molecule has 3 aromatic rings. The maximum absolute atomic E-state index is 13.9. The number of aromatic amines is 1. The third-order valence-corrected chi connectivity index (χ3v) is 3.70. The molecule has 0 saturated carbocycles. The second-order valence-corrected chi connectivity index (χ2v) is 5.70. The number of hydrogen-bond donors (Lipinski definition) is 1. The maximum Gasteiger partial charge on any atom is 0.195 e. The molecule has 0 radical (unpaired) electrons. The van der Waals surface area contributed by atoms with Crippen molar-refractivity contribution in [2.45, 2.75) is 0 Å². The van der Waals surface area contributed by atoms with Crippen LogP contribution in [0, 0.1) is 5.82 Å². The SMILES string of the molecule is O=C(c1cc(Cl)cc(Br)c1)c1c[nH]c2cccc(F)c12. The van der Waals surface area contributed by atoms with Gasteiger partial charge in [-0.1, -0.05) is 33.6 Å². The largest absolute Gasteiger partial charge is 0.360 e. The van der Waals surface area contributed by atoms with Crippen molar-refractivity contribution in [3.05, 3.63) is 69.0 Å². The number of fused-ring (bicyclic) bond motifs is 1. The Morgan fingerprint density at radius 1 is 1.25 bits per heavy atom. The lowest BCUT2D eigenvalue weighted by Crippen LogP contribution is -2.01. The molecular formula is C15H8BrClFNO. The van der Waals surface area contributed by atoms with E-state index in [0.717, 1.165) is 0 Å². The lowest BCUT2D eigenvalue weighted by molar-refractivity contribution is 0.104. The first-order valence-corrected chi connectivity index (χ1v) is 7.00. The molecule has 2 nitrogen and oxygen atoms in total. The van der Waals surface area contributed by atoms with Crippen LogP contribution in [-0.4, -0.2) is 10.8 Å². The molecule has 0 amide bonds. The summed E-state index contributed by atoms with van der Waals surface area (Å²) in [5, 5.41) is 0.747. The van der Waals surface area contributed by atoms with Gasteiger partial charge in [-0.2, -0.15) is 0 Å². The Bertz CT molecular complexity index is 808. The number of benzene rings is 2. The molecule has 100 valence electrons. The minimum Gasteiger partial charge on any atom is -0.360 e. The number of aromatic nitrogens is 1. The third-order valence-electron chi connectivity index (χ3n) is 3.02. The van der Waals surface area contributed by atoms with Crippen molar-refractivity contribution in [3.63, 3.8) is 0 Å². The average Bonchev–Trinajstić information content (AvgIpc) is 2.82. The lowest BCUT2D eigenvalue weighted by atomic mass is 10.0. The van der Waals surface area contributed by atoms with Gasteiger partial charge in [0.25, 0.3) is 0 Å². The smallest absolute Gasteiger partial charge is 0.195 e. The monoisotopic (exact) mass is 351 g/mol. The van der Waals surface area contributed by atoms with E-state index < -0.39 is 5.82 Å². The minimum absolute atomic E-state index is 0.274. The van der Waals surface area contributed by atoms with E-state index in [1.165, 1.54) is 12.3 Å². The van der Waals surface area contributed by atoms with Crippen LogP contribution in [0.4, 0.5) is 4.39 Å². The van der Waals surface area contributed by atoms with Crippen molar-refractivity contribution in [1.82, 2.24) is 4.98 Å². The van der Waals surface area contributed by atoms with Crippen molar-refractivity contribution >= 4 is 44.2 Å². The predicted molar refractivity (Wildman–Crippen MR) is 80.8 cm³/mol. The molecule has 2 aromatic carbocycles. The fourth-order valence-electron chi connectivity index (χ4n) is 2.16. The highest BCUT2D eigenvalue weighted by molar-refractivity contribution is 9.10. The highest BCUT2D eigenvalue weighted by atomic mass is 79.9. The van der Waals surface area contributed by atoms with E-state index in [4.69, 9.17) is 11.6 Å². The molecule has 3 rings (SSSR count). The highest BCUT2D eigenvalue weighted by Crippen LogP contribution is 2.26. The summed E-state index contributed by atoms with van der Waals surface area (Å²) in [6.07, 6.45) is 1.52. The van der Waals surface area contributed by atoms with Crippen LogP contribution in [0.3, 0.4) is 0 Å². The summed E-state index contributed by atoms with van der Waals surface area (Å²) in [5.41, 5.74) is 1.30. The number of halogens is 3. The molecule has 0 unspecified atom stereocenters. The molecule has 0 aliphatic carbocycles. The van der Waals surface area contributed by atoms with Crippen molar-refractivity contribution in [1.29, 1.82) is 0 Å². The number of rotatable bonds is 2. The zero-order valence-corrected chi connectivity index (χ0v) is 12.4. The van der Waals surface area contributed by atoms with Crippen LogP contribution < -0.4 is 0 Å². The van der Waals surface area contributed by atoms with Crippen molar-refractivity contribution in [2.24, 2.45) is 0 Å². The molecule has 0 aliphatic heterocycles. The molecule has 0 aliphatic rings. The second kappa shape index (κ2) is 5.04. The summed E-state index contributed by atoms with van der Waals surface area (Å²) in [6, 6.07) is 9.57. The molecule has 1 aromatic heterocycles. The van der Waals surface area contributed by atoms with Gasteiger partial charge in [0.05, 0.1) is 5.56 Å². The average molecular weight is 353 g/mol. The normalized spacial score (nSPS) is 10.9. The van der Waals surface area contributed by atoms with Crippen molar-refractivity contribution < 1.29 is 9.18 Å². The first-order chi connectivity index (χ1) is 9.56. The zero-order chi connectivity index (χ0) is 14.3. The fourth-order valence-corrected chi connectivity index (χ4v) is 3.02. The number of carbonyl (C=O) groups is 1. The standard InChI is InChI=1S/C15H8BrClFNO/c16-9-4-8(5-10(17)6-9)15(20)11-7-19-13-3-1-2-12(18)14(11)13/h1-7,19H. The topological polar surface area (TPSA) is 32.9 Å². The van der Waals surface area contributed by atoms with Crippen LogP contribution in [0.25, 0.3) is 10.9 Å². The summed E-state index contributed by atoms with van der Waals surface area (Å²) >= 11 is 9.23. The summed E-state index contributed by atoms with van der Waals surface area (Å²) in [6.45, 7) is 0. The van der Waals surface area contributed by atoms with Gasteiger partial charge in [-0.25, -0.2) is 4.39 Å². The number of hydrogen-bond acceptors (Lipinski definition) is 1. The van der Waals surface area contributed by atoms with Gasteiger partial charge < -0.3 is 4.98 Å². The van der Waals surface area contributed by atoms with E-state index in [1.807, 2.05) is 0 Å². The Hall–Kier alpha value is -1.65. The first-order valence-electron chi connectivity index (χ1n) is 5.82. The van der Waals surface area contributed by atoms with E-state index in [9.17, 15) is 9.18 Å².